The van der Waals surface area contributed by atoms with E-state index in [2.05, 4.69) is 14.5 Å². The SMILES string of the molecule is CS(=O)(=O)OCCc1c(Cl)cnc(NCCC2CCCCN2C(=O)O)c1F. The maximum absolute atomic E-state index is 14.6. The summed E-state index contributed by atoms with van der Waals surface area (Å²) in [7, 11) is -3.62. The van der Waals surface area contributed by atoms with Crippen molar-refractivity contribution in [2.45, 2.75) is 38.1 Å². The smallest absolute Gasteiger partial charge is 0.407 e. The number of likely N-dealkylation sites (tertiary alicyclic amines) is 1. The van der Waals surface area contributed by atoms with E-state index >= 15 is 0 Å². The van der Waals surface area contributed by atoms with E-state index in [1.54, 1.807) is 0 Å². The average molecular weight is 424 g/mol. The number of anilines is 1. The lowest BCUT2D eigenvalue weighted by molar-refractivity contribution is 0.104. The molecule has 1 aliphatic heterocycles. The van der Waals surface area contributed by atoms with Crippen LogP contribution in [0.5, 0.6) is 0 Å². The number of carboxylic acid groups (broad SMARTS) is 1. The van der Waals surface area contributed by atoms with Gasteiger partial charge in [-0.1, -0.05) is 11.6 Å². The Morgan fingerprint density at radius 2 is 2.26 bits per heavy atom. The molecule has 8 nitrogen and oxygen atoms in total. The third-order valence-electron chi connectivity index (χ3n) is 4.36. The number of rotatable bonds is 8. The van der Waals surface area contributed by atoms with Crippen molar-refractivity contribution in [1.29, 1.82) is 0 Å². The number of pyridine rings is 1. The van der Waals surface area contributed by atoms with Gasteiger partial charge in [-0.15, -0.1) is 0 Å². The number of hydrogen-bond donors (Lipinski definition) is 2. The van der Waals surface area contributed by atoms with Gasteiger partial charge in [0.1, 0.15) is 0 Å². The number of piperidine rings is 1. The van der Waals surface area contributed by atoms with Crippen molar-refractivity contribution >= 4 is 33.6 Å². The van der Waals surface area contributed by atoms with Gasteiger partial charge in [0.05, 0.1) is 17.9 Å². The van der Waals surface area contributed by atoms with E-state index in [1.165, 1.54) is 11.1 Å². The fourth-order valence-electron chi connectivity index (χ4n) is 3.06. The van der Waals surface area contributed by atoms with E-state index in [-0.39, 0.29) is 35.5 Å². The zero-order chi connectivity index (χ0) is 20.0. The van der Waals surface area contributed by atoms with Crippen LogP contribution in [0.4, 0.5) is 15.0 Å². The highest BCUT2D eigenvalue weighted by atomic mass is 35.5. The molecule has 1 amide bonds. The first-order chi connectivity index (χ1) is 12.7. The molecule has 2 N–H and O–H groups in total. The molecule has 1 unspecified atom stereocenters. The van der Waals surface area contributed by atoms with Crippen LogP contribution in [-0.4, -0.2) is 61.5 Å². The summed E-state index contributed by atoms with van der Waals surface area (Å²) in [6, 6.07) is -0.109. The topological polar surface area (TPSA) is 109 Å². The third-order valence-corrected chi connectivity index (χ3v) is 5.28. The van der Waals surface area contributed by atoms with Crippen LogP contribution in [0, 0.1) is 5.82 Å². The molecule has 152 valence electrons. The first-order valence-electron chi connectivity index (χ1n) is 8.59. The Hall–Kier alpha value is -1.65. The van der Waals surface area contributed by atoms with E-state index < -0.39 is 22.0 Å². The van der Waals surface area contributed by atoms with Gasteiger partial charge in [-0.3, -0.25) is 4.18 Å². The third kappa shape index (κ3) is 6.47. The zero-order valence-corrected chi connectivity index (χ0v) is 16.5. The van der Waals surface area contributed by atoms with Gasteiger partial charge in [0.15, 0.2) is 11.6 Å². The molecule has 0 aromatic carbocycles. The van der Waals surface area contributed by atoms with Crippen LogP contribution in [0.25, 0.3) is 0 Å². The molecule has 0 saturated carbocycles. The molecule has 0 bridgehead atoms. The molecule has 1 fully saturated rings. The predicted molar refractivity (Wildman–Crippen MR) is 99.2 cm³/mol. The van der Waals surface area contributed by atoms with E-state index in [1.807, 2.05) is 0 Å². The van der Waals surface area contributed by atoms with Crippen LogP contribution < -0.4 is 5.32 Å². The number of hydrogen-bond acceptors (Lipinski definition) is 6. The summed E-state index contributed by atoms with van der Waals surface area (Å²) < 4.78 is 41.2. The van der Waals surface area contributed by atoms with Crippen LogP contribution in [0.2, 0.25) is 5.02 Å². The van der Waals surface area contributed by atoms with Crippen molar-refractivity contribution in [3.05, 3.63) is 22.6 Å². The molecule has 2 heterocycles. The predicted octanol–water partition coefficient (Wildman–Crippen LogP) is 2.73. The van der Waals surface area contributed by atoms with Crippen molar-refractivity contribution < 1.29 is 26.9 Å². The molecular formula is C16H23ClFN3O5S. The summed E-state index contributed by atoms with van der Waals surface area (Å²) in [6.45, 7) is 0.631. The van der Waals surface area contributed by atoms with Gasteiger partial charge in [0.2, 0.25) is 0 Å². The second kappa shape index (κ2) is 9.52. The molecule has 1 atom stereocenters. The summed E-state index contributed by atoms with van der Waals surface area (Å²) in [5.74, 6) is -0.676. The monoisotopic (exact) mass is 423 g/mol. The summed E-state index contributed by atoms with van der Waals surface area (Å²) in [5.41, 5.74) is 0.114. The van der Waals surface area contributed by atoms with E-state index in [0.29, 0.717) is 19.5 Å². The van der Waals surface area contributed by atoms with E-state index in [4.69, 9.17) is 11.6 Å². The highest BCUT2D eigenvalue weighted by Crippen LogP contribution is 2.25. The molecule has 0 spiro atoms. The normalized spacial score (nSPS) is 17.7. The van der Waals surface area contributed by atoms with Crippen molar-refractivity contribution in [3.63, 3.8) is 0 Å². The van der Waals surface area contributed by atoms with Crippen LogP contribution in [0.15, 0.2) is 6.20 Å². The molecule has 1 aliphatic rings. The number of halogens is 2. The maximum atomic E-state index is 14.6. The molecule has 1 saturated heterocycles. The second-order valence-electron chi connectivity index (χ2n) is 6.36. The zero-order valence-electron chi connectivity index (χ0n) is 15.0. The molecule has 11 heteroatoms. The number of carbonyl (C=O) groups is 1. The standard InChI is InChI=1S/C16H23ClFN3O5S/c1-27(24,25)26-9-6-12-13(17)10-20-15(14(12)18)19-7-5-11-4-2-3-8-21(11)16(22)23/h10-11H,2-9H2,1H3,(H,19,20)(H,22,23). The van der Waals surface area contributed by atoms with Gasteiger partial charge in [-0.2, -0.15) is 8.42 Å². The van der Waals surface area contributed by atoms with Crippen molar-refractivity contribution in [2.24, 2.45) is 0 Å². The summed E-state index contributed by atoms with van der Waals surface area (Å²) in [5, 5.41) is 12.2. The minimum Gasteiger partial charge on any atom is -0.465 e. The van der Waals surface area contributed by atoms with E-state index in [9.17, 15) is 22.7 Å². The van der Waals surface area contributed by atoms with Gasteiger partial charge < -0.3 is 15.3 Å². The largest absolute Gasteiger partial charge is 0.465 e. The highest BCUT2D eigenvalue weighted by molar-refractivity contribution is 7.85. The fourth-order valence-corrected chi connectivity index (χ4v) is 3.67. The average Bonchev–Trinajstić information content (AvgIpc) is 2.59. The summed E-state index contributed by atoms with van der Waals surface area (Å²) in [4.78, 5) is 16.6. The molecule has 27 heavy (non-hydrogen) atoms. The Labute approximate surface area is 162 Å². The lowest BCUT2D eigenvalue weighted by atomic mass is 10.00. The fraction of sp³-hybridized carbons (Fsp3) is 0.625. The van der Waals surface area contributed by atoms with Crippen molar-refractivity contribution in [1.82, 2.24) is 9.88 Å². The molecule has 0 aliphatic carbocycles. The molecular weight excluding hydrogens is 401 g/mol. The van der Waals surface area contributed by atoms with Crippen molar-refractivity contribution in [2.75, 3.05) is 31.3 Å². The van der Waals surface area contributed by atoms with Crippen LogP contribution in [-0.2, 0) is 20.7 Å². The number of amides is 1. The van der Waals surface area contributed by atoms with E-state index in [0.717, 1.165) is 25.5 Å². The van der Waals surface area contributed by atoms with Gasteiger partial charge >= 0.3 is 6.09 Å². The minimum atomic E-state index is -3.62. The Kier molecular flexibility index (Phi) is 7.63. The van der Waals surface area contributed by atoms with Gasteiger partial charge in [-0.25, -0.2) is 14.2 Å². The first kappa shape index (κ1) is 21.6. The molecule has 0 radical (unpaired) electrons. The summed E-state index contributed by atoms with van der Waals surface area (Å²) in [6.07, 6.45) is 4.35. The van der Waals surface area contributed by atoms with Crippen LogP contribution in [0.3, 0.4) is 0 Å². The van der Waals surface area contributed by atoms with Crippen LogP contribution in [0.1, 0.15) is 31.2 Å². The number of aromatic nitrogens is 1. The molecule has 2 rings (SSSR count). The quantitative estimate of drug-likeness (QED) is 0.618. The molecule has 1 aromatic heterocycles. The van der Waals surface area contributed by atoms with Gasteiger partial charge in [0.25, 0.3) is 10.1 Å². The lowest BCUT2D eigenvalue weighted by Crippen LogP contribution is -2.43. The Balaban J connectivity index is 1.96. The Morgan fingerprint density at radius 3 is 2.93 bits per heavy atom. The summed E-state index contributed by atoms with van der Waals surface area (Å²) >= 11 is 5.95. The highest BCUT2D eigenvalue weighted by Gasteiger charge is 2.26. The number of nitrogens with one attached hydrogen (secondary N) is 1. The van der Waals surface area contributed by atoms with Gasteiger partial charge in [-0.05, 0) is 25.7 Å². The lowest BCUT2D eigenvalue weighted by Gasteiger charge is -2.33. The second-order valence-corrected chi connectivity index (χ2v) is 8.42. The van der Waals surface area contributed by atoms with Crippen molar-refractivity contribution in [3.8, 4) is 0 Å². The minimum absolute atomic E-state index is 0.00793. The molecule has 1 aromatic rings. The van der Waals surface area contributed by atoms with Crippen LogP contribution >= 0.6 is 11.6 Å². The maximum Gasteiger partial charge on any atom is 0.407 e. The first-order valence-corrected chi connectivity index (χ1v) is 10.8. The van der Waals surface area contributed by atoms with Gasteiger partial charge in [0, 0.05) is 37.3 Å². The number of nitrogens with zero attached hydrogens (tertiary/aromatic N) is 2. The Bertz CT molecular complexity index is 778. The Morgan fingerprint density at radius 1 is 1.52 bits per heavy atom.